The highest BCUT2D eigenvalue weighted by atomic mass is 16.2. The summed E-state index contributed by atoms with van der Waals surface area (Å²) < 4.78 is 0. The molecule has 0 bridgehead atoms. The molecule has 1 heterocycles. The summed E-state index contributed by atoms with van der Waals surface area (Å²) in [5.74, 6) is 0.164. The Balaban J connectivity index is 1.63. The van der Waals surface area contributed by atoms with Crippen LogP contribution in [0.25, 0.3) is 0 Å². The highest BCUT2D eigenvalue weighted by Gasteiger charge is 2.20. The summed E-state index contributed by atoms with van der Waals surface area (Å²) in [5, 5.41) is 6.66. The summed E-state index contributed by atoms with van der Waals surface area (Å²) in [6.45, 7) is 13.2. The Kier molecular flexibility index (Phi) is 8.11. The largest absolute Gasteiger partial charge is 0.355 e. The number of hydrogen-bond donors (Lipinski definition) is 2. The highest BCUT2D eigenvalue weighted by Crippen LogP contribution is 2.22. The van der Waals surface area contributed by atoms with Gasteiger partial charge in [0.2, 0.25) is 5.91 Å². The molecule has 0 aromatic heterocycles. The number of likely N-dealkylation sites (tertiary alicyclic amines) is 1. The molecule has 1 fully saturated rings. The van der Waals surface area contributed by atoms with Gasteiger partial charge < -0.3 is 10.6 Å². The molecule has 146 valence electrons. The van der Waals surface area contributed by atoms with Crippen LogP contribution < -0.4 is 10.6 Å². The lowest BCUT2D eigenvalue weighted by Gasteiger charge is -2.32. The number of hydrogen-bond acceptors (Lipinski definition) is 3. The van der Waals surface area contributed by atoms with E-state index in [2.05, 4.69) is 67.5 Å². The summed E-state index contributed by atoms with van der Waals surface area (Å²) in [6, 6.07) is 9.63. The molecule has 0 saturated carbocycles. The van der Waals surface area contributed by atoms with Crippen LogP contribution in [0.1, 0.15) is 58.1 Å². The normalized spacial score (nSPS) is 16.6. The van der Waals surface area contributed by atoms with Gasteiger partial charge in [0.1, 0.15) is 0 Å². The minimum atomic E-state index is 0.164. The second-order valence-electron chi connectivity index (χ2n) is 8.55. The van der Waals surface area contributed by atoms with Gasteiger partial charge in [-0.25, -0.2) is 0 Å². The smallest absolute Gasteiger partial charge is 0.234 e. The van der Waals surface area contributed by atoms with E-state index >= 15 is 0 Å². The first-order valence-electron chi connectivity index (χ1n) is 10.2. The number of piperidine rings is 1. The minimum absolute atomic E-state index is 0.164. The van der Waals surface area contributed by atoms with E-state index in [4.69, 9.17) is 0 Å². The molecule has 2 N–H and O–H groups in total. The van der Waals surface area contributed by atoms with E-state index in [-0.39, 0.29) is 11.3 Å². The molecule has 2 rings (SSSR count). The van der Waals surface area contributed by atoms with Crippen LogP contribution in [0, 0.1) is 0 Å². The van der Waals surface area contributed by atoms with Crippen LogP contribution >= 0.6 is 0 Å². The highest BCUT2D eigenvalue weighted by molar-refractivity contribution is 5.77. The molecule has 0 radical (unpaired) electrons. The van der Waals surface area contributed by atoms with Crippen molar-refractivity contribution in [2.75, 3.05) is 32.7 Å². The van der Waals surface area contributed by atoms with Crippen LogP contribution in [0.5, 0.6) is 0 Å². The van der Waals surface area contributed by atoms with Crippen molar-refractivity contribution in [3.8, 4) is 0 Å². The zero-order valence-corrected chi connectivity index (χ0v) is 17.1. The van der Waals surface area contributed by atoms with Crippen LogP contribution in [-0.2, 0) is 16.6 Å². The predicted molar refractivity (Wildman–Crippen MR) is 110 cm³/mol. The number of amides is 1. The van der Waals surface area contributed by atoms with Crippen molar-refractivity contribution < 1.29 is 4.79 Å². The van der Waals surface area contributed by atoms with E-state index in [1.54, 1.807) is 0 Å². The molecule has 1 aliphatic heterocycles. The lowest BCUT2D eigenvalue weighted by Crippen LogP contribution is -2.46. The number of rotatable bonds is 8. The van der Waals surface area contributed by atoms with Gasteiger partial charge in [0.25, 0.3) is 0 Å². The molecule has 26 heavy (non-hydrogen) atoms. The maximum absolute atomic E-state index is 11.8. The van der Waals surface area contributed by atoms with Crippen molar-refractivity contribution in [3.05, 3.63) is 35.4 Å². The molecule has 4 heteroatoms. The van der Waals surface area contributed by atoms with E-state index in [0.717, 1.165) is 51.9 Å². The van der Waals surface area contributed by atoms with Crippen LogP contribution in [0.2, 0.25) is 0 Å². The number of carbonyl (C=O) groups excluding carboxylic acids is 1. The van der Waals surface area contributed by atoms with Crippen molar-refractivity contribution in [1.29, 1.82) is 0 Å². The summed E-state index contributed by atoms with van der Waals surface area (Å²) in [4.78, 5) is 14.1. The molecular weight excluding hydrogens is 322 g/mol. The van der Waals surface area contributed by atoms with E-state index < -0.39 is 0 Å². The summed E-state index contributed by atoms with van der Waals surface area (Å²) in [5.41, 5.74) is 3.01. The van der Waals surface area contributed by atoms with Gasteiger partial charge in [-0.15, -0.1) is 0 Å². The first-order chi connectivity index (χ1) is 12.4. The first-order valence-corrected chi connectivity index (χ1v) is 10.2. The molecule has 1 amide bonds. The maximum Gasteiger partial charge on any atom is 0.234 e. The second kappa shape index (κ2) is 10.1. The molecule has 0 unspecified atom stereocenters. The molecule has 1 aromatic carbocycles. The Bertz CT molecular complexity index is 540. The van der Waals surface area contributed by atoms with E-state index in [1.807, 2.05) is 0 Å². The number of nitrogens with zero attached hydrogens (tertiary/aromatic N) is 1. The monoisotopic (exact) mass is 359 g/mol. The molecule has 0 aliphatic carbocycles. The Morgan fingerprint density at radius 2 is 1.77 bits per heavy atom. The van der Waals surface area contributed by atoms with Gasteiger partial charge in [-0.3, -0.25) is 9.69 Å². The number of benzene rings is 1. The molecule has 0 atom stereocenters. The van der Waals surface area contributed by atoms with Crippen molar-refractivity contribution in [3.63, 3.8) is 0 Å². The molecular formula is C22H37N3O. The van der Waals surface area contributed by atoms with Crippen LogP contribution in [0.3, 0.4) is 0 Å². The van der Waals surface area contributed by atoms with Gasteiger partial charge in [-0.1, -0.05) is 52.0 Å². The van der Waals surface area contributed by atoms with Crippen molar-refractivity contribution in [2.45, 2.75) is 64.8 Å². The fraction of sp³-hybridized carbons (Fsp3) is 0.682. The Morgan fingerprint density at radius 1 is 1.12 bits per heavy atom. The Hall–Kier alpha value is -1.39. The average molecular weight is 360 g/mol. The third-order valence-electron chi connectivity index (χ3n) is 5.19. The fourth-order valence-corrected chi connectivity index (χ4v) is 3.41. The molecule has 4 nitrogen and oxygen atoms in total. The average Bonchev–Trinajstić information content (AvgIpc) is 2.61. The van der Waals surface area contributed by atoms with Crippen LogP contribution in [0.4, 0.5) is 0 Å². The van der Waals surface area contributed by atoms with E-state index in [0.29, 0.717) is 12.6 Å². The van der Waals surface area contributed by atoms with Gasteiger partial charge in [0.05, 0.1) is 6.54 Å². The molecule has 1 aromatic rings. The predicted octanol–water partition coefficient (Wildman–Crippen LogP) is 3.11. The fourth-order valence-electron chi connectivity index (χ4n) is 3.41. The zero-order valence-electron chi connectivity index (χ0n) is 17.1. The van der Waals surface area contributed by atoms with E-state index in [1.165, 1.54) is 11.1 Å². The van der Waals surface area contributed by atoms with E-state index in [9.17, 15) is 4.79 Å². The number of carbonyl (C=O) groups is 1. The minimum Gasteiger partial charge on any atom is -0.355 e. The zero-order chi connectivity index (χ0) is 19.0. The summed E-state index contributed by atoms with van der Waals surface area (Å²) >= 11 is 0. The summed E-state index contributed by atoms with van der Waals surface area (Å²) in [6.07, 6.45) is 4.33. The summed E-state index contributed by atoms with van der Waals surface area (Å²) in [7, 11) is 0. The molecule has 0 spiro atoms. The van der Waals surface area contributed by atoms with Gasteiger partial charge in [0, 0.05) is 25.7 Å². The standard InChI is InChI=1S/C22H37N3O/c1-5-13-24-21(26)17-25-15-11-20(12-16-25)23-14-10-18-6-8-19(9-7-18)22(2,3)4/h6-9,20,23H,5,10-17H2,1-4H3,(H,24,26). The van der Waals surface area contributed by atoms with Gasteiger partial charge in [0.15, 0.2) is 0 Å². The Morgan fingerprint density at radius 3 is 2.35 bits per heavy atom. The second-order valence-corrected chi connectivity index (χ2v) is 8.55. The quantitative estimate of drug-likeness (QED) is 0.750. The molecule has 1 saturated heterocycles. The SMILES string of the molecule is CCCNC(=O)CN1CCC(NCCc2ccc(C(C)(C)C)cc2)CC1. The van der Waals surface area contributed by atoms with Crippen LogP contribution in [0.15, 0.2) is 24.3 Å². The maximum atomic E-state index is 11.8. The van der Waals surface area contributed by atoms with Crippen LogP contribution in [-0.4, -0.2) is 49.6 Å². The Labute approximate surface area is 159 Å². The lowest BCUT2D eigenvalue weighted by atomic mass is 9.86. The van der Waals surface area contributed by atoms with Gasteiger partial charge in [-0.05, 0) is 48.8 Å². The lowest BCUT2D eigenvalue weighted by molar-refractivity contribution is -0.122. The third-order valence-corrected chi connectivity index (χ3v) is 5.19. The van der Waals surface area contributed by atoms with Gasteiger partial charge in [-0.2, -0.15) is 0 Å². The first kappa shape index (κ1) is 20.9. The van der Waals surface area contributed by atoms with Crippen molar-refractivity contribution >= 4 is 5.91 Å². The topological polar surface area (TPSA) is 44.4 Å². The third kappa shape index (κ3) is 7.08. The van der Waals surface area contributed by atoms with Crippen molar-refractivity contribution in [1.82, 2.24) is 15.5 Å². The number of nitrogens with one attached hydrogen (secondary N) is 2. The van der Waals surface area contributed by atoms with Crippen molar-refractivity contribution in [2.24, 2.45) is 0 Å². The van der Waals surface area contributed by atoms with Gasteiger partial charge >= 0.3 is 0 Å². The molecule has 1 aliphatic rings.